The Bertz CT molecular complexity index is 461. The maximum absolute atomic E-state index is 11.6. The number of urea groups is 1. The van der Waals surface area contributed by atoms with Crippen molar-refractivity contribution in [3.8, 4) is 0 Å². The van der Waals surface area contributed by atoms with Crippen molar-refractivity contribution in [2.24, 2.45) is 0 Å². The normalized spacial score (nSPS) is 18.7. The molecule has 0 unspecified atom stereocenters. The predicted octanol–water partition coefficient (Wildman–Crippen LogP) is 0.735. The van der Waals surface area contributed by atoms with Crippen molar-refractivity contribution >= 4 is 17.4 Å². The van der Waals surface area contributed by atoms with E-state index in [1.54, 1.807) is 0 Å². The number of carbonyl (C=O) groups is 1. The van der Waals surface area contributed by atoms with Gasteiger partial charge in [-0.1, -0.05) is 0 Å². The van der Waals surface area contributed by atoms with Crippen molar-refractivity contribution in [1.29, 1.82) is 0 Å². The number of β-amino-alcohol motifs (C(OH)–C–C–N with tert-alkyl or cyclic N) is 1. The quantitative estimate of drug-likeness (QED) is 0.597. The minimum absolute atomic E-state index is 0.0548. The lowest BCUT2D eigenvalue weighted by molar-refractivity contribution is -0.384. The molecule has 1 aromatic carbocycles. The zero-order valence-corrected chi connectivity index (χ0v) is 9.28. The van der Waals surface area contributed by atoms with Crippen molar-refractivity contribution in [2.75, 3.05) is 18.5 Å². The minimum atomic E-state index is -0.687. The van der Waals surface area contributed by atoms with Crippen molar-refractivity contribution in [3.63, 3.8) is 0 Å². The van der Waals surface area contributed by atoms with E-state index in [0.29, 0.717) is 5.69 Å². The van der Waals surface area contributed by atoms with Crippen molar-refractivity contribution in [2.45, 2.75) is 6.10 Å². The van der Waals surface area contributed by atoms with Crippen LogP contribution in [0.2, 0.25) is 0 Å². The molecule has 2 N–H and O–H groups in total. The first-order valence-electron chi connectivity index (χ1n) is 5.20. The number of anilines is 1. The lowest BCUT2D eigenvalue weighted by Gasteiger charge is -2.14. The monoisotopic (exact) mass is 253 g/mol. The van der Waals surface area contributed by atoms with Gasteiger partial charge in [0, 0.05) is 17.8 Å². The average Bonchev–Trinajstić information content (AvgIpc) is 2.76. The third-order valence-electron chi connectivity index (χ3n) is 2.36. The number of carbonyl (C=O) groups excluding carboxylic acids is 1. The maximum Gasteiger partial charge on any atom is 0.345 e. The highest BCUT2D eigenvalue weighted by atomic mass is 16.7. The van der Waals surface area contributed by atoms with Gasteiger partial charge in [0.15, 0.2) is 0 Å². The van der Waals surface area contributed by atoms with Crippen LogP contribution in [0.15, 0.2) is 24.3 Å². The standard InChI is InChI=1S/C10H11N3O5/c14-9-5-12(18-6-9)10(15)11-7-1-3-8(4-2-7)13(16)17/h1-4,9,14H,5-6H2,(H,11,15)/t9-/m1/s1. The molecule has 2 rings (SSSR count). The van der Waals surface area contributed by atoms with Gasteiger partial charge >= 0.3 is 6.03 Å². The number of benzene rings is 1. The van der Waals surface area contributed by atoms with E-state index in [1.165, 1.54) is 24.3 Å². The molecule has 0 aromatic heterocycles. The number of hydrogen-bond acceptors (Lipinski definition) is 5. The van der Waals surface area contributed by atoms with E-state index in [-0.39, 0.29) is 18.8 Å². The SMILES string of the molecule is O=C(Nc1ccc([N+](=O)[O-])cc1)N1C[C@@H](O)CO1. The average molecular weight is 253 g/mol. The first-order chi connectivity index (χ1) is 8.56. The van der Waals surface area contributed by atoms with E-state index in [4.69, 9.17) is 4.84 Å². The number of nitro groups is 1. The van der Waals surface area contributed by atoms with Gasteiger partial charge in [-0.2, -0.15) is 0 Å². The van der Waals surface area contributed by atoms with Crippen LogP contribution in [0.5, 0.6) is 0 Å². The van der Waals surface area contributed by atoms with Gasteiger partial charge in [0.2, 0.25) is 0 Å². The molecule has 1 saturated heterocycles. The van der Waals surface area contributed by atoms with Gasteiger partial charge in [0.1, 0.15) is 12.7 Å². The molecule has 1 heterocycles. The van der Waals surface area contributed by atoms with Crippen LogP contribution < -0.4 is 5.32 Å². The lowest BCUT2D eigenvalue weighted by Crippen LogP contribution is -2.32. The minimum Gasteiger partial charge on any atom is -0.389 e. The molecule has 1 aliphatic rings. The molecule has 1 aliphatic heterocycles. The molecule has 1 atom stereocenters. The smallest absolute Gasteiger partial charge is 0.345 e. The fourth-order valence-electron chi connectivity index (χ4n) is 1.47. The summed E-state index contributed by atoms with van der Waals surface area (Å²) in [6.45, 7) is 0.173. The molecule has 0 radical (unpaired) electrons. The molecule has 2 amide bonds. The molecule has 0 saturated carbocycles. The number of non-ortho nitro benzene ring substituents is 1. The Hall–Kier alpha value is -2.19. The Balaban J connectivity index is 1.97. The van der Waals surface area contributed by atoms with Gasteiger partial charge in [0.25, 0.3) is 5.69 Å². The largest absolute Gasteiger partial charge is 0.389 e. The Morgan fingerprint density at radius 2 is 2.17 bits per heavy atom. The van der Waals surface area contributed by atoms with Gasteiger partial charge in [-0.15, -0.1) is 0 Å². The zero-order chi connectivity index (χ0) is 13.1. The number of nitrogens with zero attached hydrogens (tertiary/aromatic N) is 2. The first kappa shape index (κ1) is 12.3. The summed E-state index contributed by atoms with van der Waals surface area (Å²) >= 11 is 0. The van der Waals surface area contributed by atoms with E-state index < -0.39 is 17.1 Å². The number of hydrogen-bond donors (Lipinski definition) is 2. The number of hydroxylamine groups is 2. The number of rotatable bonds is 2. The van der Waals surface area contributed by atoms with E-state index in [9.17, 15) is 20.0 Å². The van der Waals surface area contributed by atoms with E-state index in [0.717, 1.165) is 5.06 Å². The molecule has 0 aliphatic carbocycles. The van der Waals surface area contributed by atoms with Crippen LogP contribution in [-0.4, -0.2) is 40.4 Å². The second-order valence-electron chi connectivity index (χ2n) is 3.74. The fraction of sp³-hybridized carbons (Fsp3) is 0.300. The number of amides is 2. The second-order valence-corrected chi connectivity index (χ2v) is 3.74. The highest BCUT2D eigenvalue weighted by molar-refractivity contribution is 5.88. The van der Waals surface area contributed by atoms with Crippen LogP contribution in [0, 0.1) is 10.1 Å². The van der Waals surface area contributed by atoms with Crippen molar-refractivity contribution < 1.29 is 19.7 Å². The summed E-state index contributed by atoms with van der Waals surface area (Å²) in [5, 5.41) is 23.1. The number of nitrogens with one attached hydrogen (secondary N) is 1. The van der Waals surface area contributed by atoms with Gasteiger partial charge < -0.3 is 10.4 Å². The molecule has 0 spiro atoms. The van der Waals surface area contributed by atoms with Crippen molar-refractivity contribution in [3.05, 3.63) is 34.4 Å². The zero-order valence-electron chi connectivity index (χ0n) is 9.28. The topological polar surface area (TPSA) is 105 Å². The fourth-order valence-corrected chi connectivity index (χ4v) is 1.47. The molecule has 0 bridgehead atoms. The van der Waals surface area contributed by atoms with Crippen LogP contribution in [0.3, 0.4) is 0 Å². The highest BCUT2D eigenvalue weighted by Gasteiger charge is 2.26. The molecule has 8 heteroatoms. The third kappa shape index (κ3) is 2.73. The van der Waals surface area contributed by atoms with Gasteiger partial charge in [0.05, 0.1) is 11.5 Å². The van der Waals surface area contributed by atoms with Crippen LogP contribution in [0.4, 0.5) is 16.2 Å². The second kappa shape index (κ2) is 4.98. The first-order valence-corrected chi connectivity index (χ1v) is 5.20. The van der Waals surface area contributed by atoms with Crippen molar-refractivity contribution in [1.82, 2.24) is 5.06 Å². The molecule has 8 nitrogen and oxygen atoms in total. The predicted molar refractivity (Wildman–Crippen MR) is 60.8 cm³/mol. The van der Waals surface area contributed by atoms with Crippen LogP contribution in [0.1, 0.15) is 0 Å². The van der Waals surface area contributed by atoms with Crippen LogP contribution in [-0.2, 0) is 4.84 Å². The summed E-state index contributed by atoms with van der Waals surface area (Å²) in [5.41, 5.74) is 0.358. The molecule has 96 valence electrons. The summed E-state index contributed by atoms with van der Waals surface area (Å²) in [6, 6.07) is 4.88. The Morgan fingerprint density at radius 3 is 2.67 bits per heavy atom. The summed E-state index contributed by atoms with van der Waals surface area (Å²) < 4.78 is 0. The summed E-state index contributed by atoms with van der Waals surface area (Å²) in [5.74, 6) is 0. The Kier molecular flexibility index (Phi) is 3.40. The Morgan fingerprint density at radius 1 is 1.50 bits per heavy atom. The van der Waals surface area contributed by atoms with Crippen LogP contribution in [0.25, 0.3) is 0 Å². The summed E-state index contributed by atoms with van der Waals surface area (Å²) in [7, 11) is 0. The number of aliphatic hydroxyl groups is 1. The number of nitro benzene ring substituents is 1. The highest BCUT2D eigenvalue weighted by Crippen LogP contribution is 2.16. The number of aliphatic hydroxyl groups excluding tert-OH is 1. The summed E-state index contributed by atoms with van der Waals surface area (Å²) in [4.78, 5) is 26.5. The van der Waals surface area contributed by atoms with Crippen LogP contribution >= 0.6 is 0 Å². The molecular weight excluding hydrogens is 242 g/mol. The van der Waals surface area contributed by atoms with Gasteiger partial charge in [-0.05, 0) is 12.1 Å². The van der Waals surface area contributed by atoms with E-state index in [1.807, 2.05) is 0 Å². The third-order valence-corrected chi connectivity index (χ3v) is 2.36. The molecule has 18 heavy (non-hydrogen) atoms. The lowest BCUT2D eigenvalue weighted by atomic mass is 10.3. The molecular formula is C10H11N3O5. The molecule has 1 fully saturated rings. The van der Waals surface area contributed by atoms with E-state index >= 15 is 0 Å². The van der Waals surface area contributed by atoms with Gasteiger partial charge in [-0.3, -0.25) is 15.0 Å². The summed E-state index contributed by atoms with van der Waals surface area (Å²) in [6.07, 6.45) is -0.687. The molecule has 1 aromatic rings. The van der Waals surface area contributed by atoms with E-state index in [2.05, 4.69) is 5.32 Å². The Labute approximate surface area is 102 Å². The maximum atomic E-state index is 11.6. The van der Waals surface area contributed by atoms with Gasteiger partial charge in [-0.25, -0.2) is 9.86 Å².